The smallest absolute Gasteiger partial charge is 0.312 e. The second kappa shape index (κ2) is 6.77. The molecule has 0 aliphatic carbocycles. The SMILES string of the molecule is CCNCc1sc(CSC(C)C)nc1C(F)(F)F. The van der Waals surface area contributed by atoms with Crippen molar-refractivity contribution in [3.05, 3.63) is 15.6 Å². The summed E-state index contributed by atoms with van der Waals surface area (Å²) in [6, 6.07) is 0. The Balaban J connectivity index is 2.85. The molecule has 1 aromatic rings. The van der Waals surface area contributed by atoms with Gasteiger partial charge < -0.3 is 5.32 Å². The van der Waals surface area contributed by atoms with Crippen molar-refractivity contribution in [3.8, 4) is 0 Å². The van der Waals surface area contributed by atoms with Gasteiger partial charge in [0.1, 0.15) is 5.01 Å². The van der Waals surface area contributed by atoms with Gasteiger partial charge in [-0.3, -0.25) is 0 Å². The molecular formula is C11H17F3N2S2. The molecule has 0 amide bonds. The van der Waals surface area contributed by atoms with Crippen molar-refractivity contribution < 1.29 is 13.2 Å². The summed E-state index contributed by atoms with van der Waals surface area (Å²) < 4.78 is 38.4. The lowest BCUT2D eigenvalue weighted by Crippen LogP contribution is -2.15. The van der Waals surface area contributed by atoms with Crippen molar-refractivity contribution in [2.24, 2.45) is 0 Å². The summed E-state index contributed by atoms with van der Waals surface area (Å²) in [5, 5.41) is 3.86. The van der Waals surface area contributed by atoms with Gasteiger partial charge in [-0.05, 0) is 11.8 Å². The molecule has 0 aromatic carbocycles. The van der Waals surface area contributed by atoms with Gasteiger partial charge in [0.25, 0.3) is 0 Å². The minimum Gasteiger partial charge on any atom is -0.312 e. The normalized spacial score (nSPS) is 12.4. The first-order valence-corrected chi connectivity index (χ1v) is 7.59. The molecule has 0 bridgehead atoms. The highest BCUT2D eigenvalue weighted by molar-refractivity contribution is 7.99. The van der Waals surface area contributed by atoms with Crippen LogP contribution in [0.15, 0.2) is 0 Å². The first kappa shape index (κ1) is 15.8. The number of alkyl halides is 3. The largest absolute Gasteiger partial charge is 0.434 e. The van der Waals surface area contributed by atoms with Crippen molar-refractivity contribution in [1.29, 1.82) is 0 Å². The van der Waals surface area contributed by atoms with Gasteiger partial charge in [-0.2, -0.15) is 24.9 Å². The zero-order chi connectivity index (χ0) is 13.8. The highest BCUT2D eigenvalue weighted by atomic mass is 32.2. The molecule has 0 aliphatic rings. The van der Waals surface area contributed by atoms with Crippen LogP contribution in [0.4, 0.5) is 13.2 Å². The molecule has 0 saturated carbocycles. The van der Waals surface area contributed by atoms with Crippen LogP contribution >= 0.6 is 23.1 Å². The van der Waals surface area contributed by atoms with E-state index in [1.807, 2.05) is 20.8 Å². The fourth-order valence-corrected chi connectivity index (χ4v) is 3.11. The molecule has 2 nitrogen and oxygen atoms in total. The van der Waals surface area contributed by atoms with Crippen LogP contribution in [0, 0.1) is 0 Å². The number of thioether (sulfide) groups is 1. The van der Waals surface area contributed by atoms with Crippen molar-refractivity contribution in [3.63, 3.8) is 0 Å². The van der Waals surface area contributed by atoms with Crippen LogP contribution in [0.2, 0.25) is 0 Å². The minimum atomic E-state index is -4.36. The lowest BCUT2D eigenvalue weighted by atomic mass is 10.3. The van der Waals surface area contributed by atoms with Crippen molar-refractivity contribution in [2.45, 2.75) is 44.5 Å². The summed E-state index contributed by atoms with van der Waals surface area (Å²) in [4.78, 5) is 4.02. The lowest BCUT2D eigenvalue weighted by molar-refractivity contribution is -0.141. The Morgan fingerprint density at radius 3 is 2.56 bits per heavy atom. The van der Waals surface area contributed by atoms with Crippen LogP contribution in [0.5, 0.6) is 0 Å². The van der Waals surface area contributed by atoms with E-state index in [4.69, 9.17) is 0 Å². The maximum absolute atomic E-state index is 12.8. The molecule has 1 heterocycles. The summed E-state index contributed by atoms with van der Waals surface area (Å²) in [6.45, 7) is 6.77. The summed E-state index contributed by atoms with van der Waals surface area (Å²) in [5.41, 5.74) is -0.729. The summed E-state index contributed by atoms with van der Waals surface area (Å²) in [6.07, 6.45) is -4.36. The molecular weight excluding hydrogens is 281 g/mol. The summed E-state index contributed by atoms with van der Waals surface area (Å²) >= 11 is 2.75. The number of halogens is 3. The predicted octanol–water partition coefficient (Wildman–Crippen LogP) is 3.91. The average Bonchev–Trinajstić information content (AvgIpc) is 2.66. The Kier molecular flexibility index (Phi) is 5.94. The van der Waals surface area contributed by atoms with Gasteiger partial charge in [0.15, 0.2) is 5.69 Å². The van der Waals surface area contributed by atoms with Crippen LogP contribution < -0.4 is 5.32 Å². The van der Waals surface area contributed by atoms with E-state index < -0.39 is 11.9 Å². The first-order valence-electron chi connectivity index (χ1n) is 5.72. The number of nitrogens with one attached hydrogen (secondary N) is 1. The third kappa shape index (κ3) is 4.78. The third-order valence-electron chi connectivity index (χ3n) is 2.09. The second-order valence-electron chi connectivity index (χ2n) is 4.02. The van der Waals surface area contributed by atoms with E-state index in [1.54, 1.807) is 11.8 Å². The summed E-state index contributed by atoms with van der Waals surface area (Å²) in [7, 11) is 0. The molecule has 0 atom stereocenters. The molecule has 1 rings (SSSR count). The maximum atomic E-state index is 12.8. The molecule has 0 fully saturated rings. The van der Waals surface area contributed by atoms with Crippen LogP contribution in [0.3, 0.4) is 0 Å². The Hall–Kier alpha value is -0.270. The van der Waals surface area contributed by atoms with E-state index in [0.29, 0.717) is 22.6 Å². The van der Waals surface area contributed by atoms with Gasteiger partial charge in [-0.1, -0.05) is 20.8 Å². The number of nitrogens with zero attached hydrogens (tertiary/aromatic N) is 1. The predicted molar refractivity (Wildman–Crippen MR) is 70.9 cm³/mol. The van der Waals surface area contributed by atoms with E-state index in [0.717, 1.165) is 11.3 Å². The third-order valence-corrected chi connectivity index (χ3v) is 4.43. The molecule has 0 saturated heterocycles. The average molecular weight is 298 g/mol. The van der Waals surface area contributed by atoms with Gasteiger partial charge >= 0.3 is 6.18 Å². The zero-order valence-corrected chi connectivity index (χ0v) is 12.2. The van der Waals surface area contributed by atoms with Crippen LogP contribution in [0.25, 0.3) is 0 Å². The standard InChI is InChI=1S/C11H17F3N2S2/c1-4-15-5-8-10(11(12,13)14)16-9(18-8)6-17-7(2)3/h7,15H,4-6H2,1-3H3. The molecule has 7 heteroatoms. The Labute approximate surface area is 113 Å². The number of thiazole rings is 1. The van der Waals surface area contributed by atoms with E-state index in [1.165, 1.54) is 0 Å². The van der Waals surface area contributed by atoms with Crippen LogP contribution in [-0.2, 0) is 18.5 Å². The van der Waals surface area contributed by atoms with Crippen molar-refractivity contribution in [1.82, 2.24) is 10.3 Å². The lowest BCUT2D eigenvalue weighted by Gasteiger charge is -2.05. The first-order chi connectivity index (χ1) is 8.34. The quantitative estimate of drug-likeness (QED) is 0.862. The van der Waals surface area contributed by atoms with Gasteiger partial charge in [-0.15, -0.1) is 11.3 Å². The second-order valence-corrected chi connectivity index (χ2v) is 6.75. The molecule has 0 unspecified atom stereocenters. The Morgan fingerprint density at radius 2 is 2.06 bits per heavy atom. The van der Waals surface area contributed by atoms with Crippen LogP contribution in [-0.4, -0.2) is 16.8 Å². The fourth-order valence-electron chi connectivity index (χ4n) is 1.28. The van der Waals surface area contributed by atoms with Gasteiger partial charge in [0, 0.05) is 12.3 Å². The fraction of sp³-hybridized carbons (Fsp3) is 0.727. The Bertz CT molecular complexity index is 375. The minimum absolute atomic E-state index is 0.232. The van der Waals surface area contributed by atoms with Gasteiger partial charge in [0.2, 0.25) is 0 Å². The van der Waals surface area contributed by atoms with E-state index in [9.17, 15) is 13.2 Å². The highest BCUT2D eigenvalue weighted by Gasteiger charge is 2.37. The van der Waals surface area contributed by atoms with Gasteiger partial charge in [-0.25, -0.2) is 4.98 Å². The highest BCUT2D eigenvalue weighted by Crippen LogP contribution is 2.35. The molecule has 0 aliphatic heterocycles. The number of hydrogen-bond donors (Lipinski definition) is 1. The summed E-state index contributed by atoms with van der Waals surface area (Å²) in [5.74, 6) is 0.539. The number of aromatic nitrogens is 1. The molecule has 0 radical (unpaired) electrons. The monoisotopic (exact) mass is 298 g/mol. The maximum Gasteiger partial charge on any atom is 0.434 e. The van der Waals surface area contributed by atoms with E-state index in [-0.39, 0.29) is 11.4 Å². The zero-order valence-electron chi connectivity index (χ0n) is 10.6. The van der Waals surface area contributed by atoms with Gasteiger partial charge in [0.05, 0.1) is 4.88 Å². The Morgan fingerprint density at radius 1 is 1.39 bits per heavy atom. The molecule has 1 aromatic heterocycles. The van der Waals surface area contributed by atoms with Crippen molar-refractivity contribution in [2.75, 3.05) is 6.54 Å². The van der Waals surface area contributed by atoms with E-state index in [2.05, 4.69) is 10.3 Å². The molecule has 0 spiro atoms. The molecule has 104 valence electrons. The topological polar surface area (TPSA) is 24.9 Å². The molecule has 18 heavy (non-hydrogen) atoms. The van der Waals surface area contributed by atoms with Crippen molar-refractivity contribution >= 4 is 23.1 Å². The number of hydrogen-bond acceptors (Lipinski definition) is 4. The number of rotatable bonds is 6. The molecule has 1 N–H and O–H groups in total. The van der Waals surface area contributed by atoms with E-state index >= 15 is 0 Å². The van der Waals surface area contributed by atoms with Crippen LogP contribution in [0.1, 0.15) is 36.3 Å².